The third-order valence-electron chi connectivity index (χ3n) is 4.55. The molecule has 3 nitrogen and oxygen atoms in total. The first-order chi connectivity index (χ1) is 10.2. The first-order valence-electron chi connectivity index (χ1n) is 7.90. The molecule has 0 radical (unpaired) electrons. The number of piperidine rings is 1. The van der Waals surface area contributed by atoms with E-state index in [4.69, 9.17) is 10.5 Å². The summed E-state index contributed by atoms with van der Waals surface area (Å²) in [5, 5.41) is 0. The van der Waals surface area contributed by atoms with Crippen molar-refractivity contribution >= 4 is 15.9 Å². The van der Waals surface area contributed by atoms with Crippen LogP contribution >= 0.6 is 15.9 Å². The second kappa shape index (κ2) is 8.28. The fraction of sp³-hybridized carbons (Fsp3) is 0.647. The Bertz CT molecular complexity index is 433. The van der Waals surface area contributed by atoms with Gasteiger partial charge >= 0.3 is 0 Å². The molecule has 1 aliphatic heterocycles. The predicted molar refractivity (Wildman–Crippen MR) is 91.3 cm³/mol. The van der Waals surface area contributed by atoms with E-state index in [9.17, 15) is 0 Å². The maximum atomic E-state index is 6.46. The summed E-state index contributed by atoms with van der Waals surface area (Å²) in [5.74, 6) is 0.698. The molecule has 0 amide bonds. The molecule has 21 heavy (non-hydrogen) atoms. The van der Waals surface area contributed by atoms with Crippen molar-refractivity contribution in [3.8, 4) is 0 Å². The summed E-state index contributed by atoms with van der Waals surface area (Å²) in [4.78, 5) is 2.56. The summed E-state index contributed by atoms with van der Waals surface area (Å²) in [6.45, 7) is 5.26. The summed E-state index contributed by atoms with van der Waals surface area (Å²) in [6, 6.07) is 8.95. The molecular formula is C17H27BrN2O. The van der Waals surface area contributed by atoms with Crippen LogP contribution in [0, 0.1) is 5.92 Å². The summed E-state index contributed by atoms with van der Waals surface area (Å²) >= 11 is 3.70. The van der Waals surface area contributed by atoms with Crippen LogP contribution in [0.3, 0.4) is 0 Å². The Balaban J connectivity index is 2.13. The number of rotatable bonds is 6. The lowest BCUT2D eigenvalue weighted by Gasteiger charge is -2.40. The van der Waals surface area contributed by atoms with Gasteiger partial charge in [-0.25, -0.2) is 0 Å². The van der Waals surface area contributed by atoms with Gasteiger partial charge in [-0.15, -0.1) is 0 Å². The standard InChI is InChI=1S/C17H27BrN2O/c1-3-16(19)17(14-6-4-5-7-15(14)18)20-10-8-13(9-11-20)12-21-2/h4-7,13,16-17H,3,8-12,19H2,1-2H3. The minimum atomic E-state index is 0.169. The van der Waals surface area contributed by atoms with E-state index in [1.807, 2.05) is 0 Å². The minimum absolute atomic E-state index is 0.169. The number of benzene rings is 1. The highest BCUT2D eigenvalue weighted by Gasteiger charge is 2.30. The quantitative estimate of drug-likeness (QED) is 0.848. The zero-order valence-corrected chi connectivity index (χ0v) is 14.7. The minimum Gasteiger partial charge on any atom is -0.384 e. The summed E-state index contributed by atoms with van der Waals surface area (Å²) in [7, 11) is 1.79. The number of hydrogen-bond acceptors (Lipinski definition) is 3. The van der Waals surface area contributed by atoms with E-state index < -0.39 is 0 Å². The van der Waals surface area contributed by atoms with Crippen LogP contribution in [0.4, 0.5) is 0 Å². The Labute approximate surface area is 137 Å². The molecule has 2 atom stereocenters. The van der Waals surface area contributed by atoms with Gasteiger partial charge in [0.25, 0.3) is 0 Å². The Morgan fingerprint density at radius 1 is 1.33 bits per heavy atom. The molecule has 0 spiro atoms. The van der Waals surface area contributed by atoms with Crippen LogP contribution in [0.5, 0.6) is 0 Å². The van der Waals surface area contributed by atoms with Crippen molar-refractivity contribution in [1.82, 2.24) is 4.90 Å². The Morgan fingerprint density at radius 3 is 2.57 bits per heavy atom. The molecule has 1 saturated heterocycles. The van der Waals surface area contributed by atoms with Crippen molar-refractivity contribution in [2.24, 2.45) is 11.7 Å². The molecule has 0 aromatic heterocycles. The van der Waals surface area contributed by atoms with Gasteiger partial charge in [0.15, 0.2) is 0 Å². The fourth-order valence-corrected chi connectivity index (χ4v) is 3.79. The molecule has 118 valence electrons. The lowest BCUT2D eigenvalue weighted by atomic mass is 9.91. The molecule has 2 N–H and O–H groups in total. The molecule has 0 saturated carbocycles. The maximum absolute atomic E-state index is 6.46. The van der Waals surface area contributed by atoms with Crippen molar-refractivity contribution in [2.45, 2.75) is 38.3 Å². The third kappa shape index (κ3) is 4.28. The zero-order chi connectivity index (χ0) is 15.2. The average molecular weight is 355 g/mol. The molecule has 1 aromatic rings. The first-order valence-corrected chi connectivity index (χ1v) is 8.69. The second-order valence-electron chi connectivity index (χ2n) is 5.97. The molecule has 2 rings (SSSR count). The predicted octanol–water partition coefficient (Wildman–Crippen LogP) is 3.59. The molecule has 1 aliphatic rings. The van der Waals surface area contributed by atoms with Crippen LogP contribution in [0.15, 0.2) is 28.7 Å². The van der Waals surface area contributed by atoms with E-state index in [0.717, 1.165) is 30.6 Å². The van der Waals surface area contributed by atoms with Gasteiger partial charge in [-0.05, 0) is 49.9 Å². The average Bonchev–Trinajstić information content (AvgIpc) is 2.51. The van der Waals surface area contributed by atoms with E-state index in [2.05, 4.69) is 52.0 Å². The van der Waals surface area contributed by atoms with Crippen LogP contribution in [-0.4, -0.2) is 37.7 Å². The number of halogens is 1. The van der Waals surface area contributed by atoms with E-state index in [1.165, 1.54) is 18.4 Å². The molecule has 1 fully saturated rings. The topological polar surface area (TPSA) is 38.5 Å². The lowest BCUT2D eigenvalue weighted by Crippen LogP contribution is -2.45. The van der Waals surface area contributed by atoms with Gasteiger partial charge in [0.05, 0.1) is 6.04 Å². The monoisotopic (exact) mass is 354 g/mol. The molecule has 0 aliphatic carbocycles. The van der Waals surface area contributed by atoms with Crippen LogP contribution in [-0.2, 0) is 4.74 Å². The number of likely N-dealkylation sites (tertiary alicyclic amines) is 1. The Kier molecular flexibility index (Phi) is 6.68. The first kappa shape index (κ1) is 16.9. The van der Waals surface area contributed by atoms with Gasteiger partial charge < -0.3 is 10.5 Å². The number of ether oxygens (including phenoxy) is 1. The molecular weight excluding hydrogens is 328 g/mol. The van der Waals surface area contributed by atoms with Crippen molar-refractivity contribution in [3.05, 3.63) is 34.3 Å². The Morgan fingerprint density at radius 2 is 2.00 bits per heavy atom. The van der Waals surface area contributed by atoms with Gasteiger partial charge in [-0.3, -0.25) is 4.90 Å². The molecule has 1 heterocycles. The zero-order valence-electron chi connectivity index (χ0n) is 13.1. The number of hydrogen-bond donors (Lipinski definition) is 1. The molecule has 4 heteroatoms. The fourth-order valence-electron chi connectivity index (χ4n) is 3.27. The van der Waals surface area contributed by atoms with Crippen LogP contribution in [0.25, 0.3) is 0 Å². The highest BCUT2D eigenvalue weighted by molar-refractivity contribution is 9.10. The number of nitrogens with two attached hydrogens (primary N) is 1. The van der Waals surface area contributed by atoms with E-state index in [-0.39, 0.29) is 6.04 Å². The molecule has 2 unspecified atom stereocenters. The van der Waals surface area contributed by atoms with E-state index in [0.29, 0.717) is 12.0 Å². The lowest BCUT2D eigenvalue weighted by molar-refractivity contribution is 0.0713. The third-order valence-corrected chi connectivity index (χ3v) is 5.27. The van der Waals surface area contributed by atoms with Gasteiger partial charge in [0.2, 0.25) is 0 Å². The van der Waals surface area contributed by atoms with Gasteiger partial charge in [-0.2, -0.15) is 0 Å². The van der Waals surface area contributed by atoms with Crippen LogP contribution < -0.4 is 5.73 Å². The number of methoxy groups -OCH3 is 1. The highest BCUT2D eigenvalue weighted by Crippen LogP contribution is 2.33. The summed E-state index contributed by atoms with van der Waals surface area (Å²) < 4.78 is 6.46. The maximum Gasteiger partial charge on any atom is 0.0510 e. The smallest absolute Gasteiger partial charge is 0.0510 e. The second-order valence-corrected chi connectivity index (χ2v) is 6.83. The largest absolute Gasteiger partial charge is 0.384 e. The van der Waals surface area contributed by atoms with Gasteiger partial charge in [-0.1, -0.05) is 41.1 Å². The van der Waals surface area contributed by atoms with Crippen LogP contribution in [0.1, 0.15) is 37.8 Å². The summed E-state index contributed by atoms with van der Waals surface area (Å²) in [6.07, 6.45) is 3.39. The van der Waals surface area contributed by atoms with Gasteiger partial charge in [0, 0.05) is 24.2 Å². The SMILES string of the molecule is CCC(N)C(c1ccccc1Br)N1CCC(COC)CC1. The van der Waals surface area contributed by atoms with Crippen molar-refractivity contribution in [1.29, 1.82) is 0 Å². The highest BCUT2D eigenvalue weighted by atomic mass is 79.9. The van der Waals surface area contributed by atoms with Crippen molar-refractivity contribution in [2.75, 3.05) is 26.8 Å². The normalized spacial score (nSPS) is 20.4. The van der Waals surface area contributed by atoms with Crippen molar-refractivity contribution in [3.63, 3.8) is 0 Å². The number of nitrogens with zero attached hydrogens (tertiary/aromatic N) is 1. The van der Waals surface area contributed by atoms with Crippen LogP contribution in [0.2, 0.25) is 0 Å². The molecule has 0 bridgehead atoms. The Hall–Kier alpha value is -0.420. The summed E-state index contributed by atoms with van der Waals surface area (Å²) in [5.41, 5.74) is 7.77. The van der Waals surface area contributed by atoms with E-state index >= 15 is 0 Å². The van der Waals surface area contributed by atoms with Gasteiger partial charge in [0.1, 0.15) is 0 Å². The molecule has 1 aromatic carbocycles. The van der Waals surface area contributed by atoms with Crippen molar-refractivity contribution < 1.29 is 4.74 Å². The van der Waals surface area contributed by atoms with E-state index in [1.54, 1.807) is 7.11 Å².